The highest BCUT2D eigenvalue weighted by atomic mass is 19.1. The van der Waals surface area contributed by atoms with Gasteiger partial charge in [-0.2, -0.15) is 5.53 Å². The van der Waals surface area contributed by atoms with E-state index >= 15 is 0 Å². The Balaban J connectivity index is 2.12. The fourth-order valence-corrected chi connectivity index (χ4v) is 1.08. The van der Waals surface area contributed by atoms with Crippen LogP contribution in [0.5, 0.6) is 0 Å². The average molecular weight is 175 g/mol. The first kappa shape index (κ1) is 9.89. The molecule has 0 spiro atoms. The summed E-state index contributed by atoms with van der Waals surface area (Å²) >= 11 is 0. The molecule has 3 nitrogen and oxygen atoms in total. The lowest BCUT2D eigenvalue weighted by Gasteiger charge is -2.43. The molecule has 4 heteroatoms. The van der Waals surface area contributed by atoms with Crippen molar-refractivity contribution in [2.75, 3.05) is 13.1 Å². The van der Waals surface area contributed by atoms with Gasteiger partial charge in [0.05, 0.1) is 0 Å². The van der Waals surface area contributed by atoms with E-state index in [0.29, 0.717) is 13.1 Å². The minimum atomic E-state index is -1.01. The van der Waals surface area contributed by atoms with Crippen molar-refractivity contribution in [3.05, 3.63) is 0 Å². The van der Waals surface area contributed by atoms with Crippen LogP contribution in [0.3, 0.4) is 0 Å². The van der Waals surface area contributed by atoms with Gasteiger partial charge >= 0.3 is 0 Å². The van der Waals surface area contributed by atoms with Crippen LogP contribution >= 0.6 is 0 Å². The third kappa shape index (κ3) is 3.05. The van der Waals surface area contributed by atoms with E-state index in [9.17, 15) is 4.39 Å². The zero-order chi connectivity index (χ0) is 9.41. The number of rotatable bonds is 2. The first-order chi connectivity index (χ1) is 5.29. The van der Waals surface area contributed by atoms with Gasteiger partial charge in [-0.25, -0.2) is 14.8 Å². The predicted molar refractivity (Wildman–Crippen MR) is 47.1 cm³/mol. The molecule has 0 aliphatic carbocycles. The van der Waals surface area contributed by atoms with E-state index in [0.717, 1.165) is 0 Å². The van der Waals surface area contributed by atoms with Crippen LogP contribution in [0.25, 0.3) is 0 Å². The summed E-state index contributed by atoms with van der Waals surface area (Å²) in [6.07, 6.45) is 0. The molecule has 1 saturated heterocycles. The number of hydrogen-bond donors (Lipinski definition) is 2. The fourth-order valence-electron chi connectivity index (χ4n) is 1.08. The van der Waals surface area contributed by atoms with Crippen molar-refractivity contribution >= 4 is 0 Å². The van der Waals surface area contributed by atoms with E-state index in [1.165, 1.54) is 0 Å². The Morgan fingerprint density at radius 1 is 1.33 bits per heavy atom. The number of halogens is 1. The van der Waals surface area contributed by atoms with Gasteiger partial charge < -0.3 is 0 Å². The van der Waals surface area contributed by atoms with Crippen molar-refractivity contribution in [1.82, 2.24) is 16.0 Å². The van der Waals surface area contributed by atoms with Gasteiger partial charge in [-0.1, -0.05) is 0 Å². The van der Waals surface area contributed by atoms with Gasteiger partial charge in [-0.3, -0.25) is 0 Å². The Kier molecular flexibility index (Phi) is 2.42. The van der Waals surface area contributed by atoms with E-state index in [1.54, 1.807) is 6.92 Å². The molecule has 1 aliphatic rings. The first-order valence-electron chi connectivity index (χ1n) is 4.25. The highest BCUT2D eigenvalue weighted by Gasteiger charge is 2.39. The van der Waals surface area contributed by atoms with Gasteiger partial charge in [0.2, 0.25) is 0 Å². The Hall–Kier alpha value is -0.190. The molecule has 0 aromatic heterocycles. The largest absolute Gasteiger partial charge is 0.241 e. The number of hydrazine groups is 2. The maximum absolute atomic E-state index is 13.0. The summed E-state index contributed by atoms with van der Waals surface area (Å²) in [6, 6.07) is 0. The van der Waals surface area contributed by atoms with Crippen LogP contribution in [0.15, 0.2) is 0 Å². The third-order valence-electron chi connectivity index (χ3n) is 1.63. The molecule has 1 heterocycles. The van der Waals surface area contributed by atoms with Crippen molar-refractivity contribution in [2.45, 2.75) is 38.9 Å². The van der Waals surface area contributed by atoms with Crippen molar-refractivity contribution < 1.29 is 4.39 Å². The van der Waals surface area contributed by atoms with Crippen LogP contribution in [0.1, 0.15) is 27.7 Å². The topological polar surface area (TPSA) is 27.3 Å². The van der Waals surface area contributed by atoms with Crippen LogP contribution in [0.2, 0.25) is 0 Å². The van der Waals surface area contributed by atoms with Gasteiger partial charge in [0.15, 0.2) is 0 Å². The molecular weight excluding hydrogens is 157 g/mol. The summed E-state index contributed by atoms with van der Waals surface area (Å²) in [4.78, 5) is 0. The summed E-state index contributed by atoms with van der Waals surface area (Å²) < 4.78 is 13.0. The van der Waals surface area contributed by atoms with E-state index < -0.39 is 5.67 Å². The lowest BCUT2D eigenvalue weighted by atomic mass is 10.0. The minimum absolute atomic E-state index is 0.0162. The van der Waals surface area contributed by atoms with Crippen LogP contribution in [-0.2, 0) is 0 Å². The molecule has 1 fully saturated rings. The van der Waals surface area contributed by atoms with Gasteiger partial charge in [-0.05, 0) is 27.7 Å². The highest BCUT2D eigenvalue weighted by Crippen LogP contribution is 2.21. The number of hydrogen-bond acceptors (Lipinski definition) is 3. The average Bonchev–Trinajstić information content (AvgIpc) is 1.76. The summed E-state index contributed by atoms with van der Waals surface area (Å²) in [5, 5.41) is 1.82. The van der Waals surface area contributed by atoms with Crippen LogP contribution in [0, 0.1) is 0 Å². The lowest BCUT2D eigenvalue weighted by molar-refractivity contribution is -0.0686. The maximum Gasteiger partial charge on any atom is 0.136 e. The second-order valence-electron chi connectivity index (χ2n) is 4.76. The molecule has 0 saturated carbocycles. The molecule has 1 rings (SSSR count). The molecule has 0 unspecified atom stereocenters. The SMILES string of the molecule is CC1(F)CN(NNC(C)(C)C)C1. The molecule has 1 aliphatic heterocycles. The van der Waals surface area contributed by atoms with Crippen LogP contribution in [-0.4, -0.2) is 29.3 Å². The van der Waals surface area contributed by atoms with Gasteiger partial charge in [0, 0.05) is 18.6 Å². The second-order valence-corrected chi connectivity index (χ2v) is 4.76. The van der Waals surface area contributed by atoms with Gasteiger partial charge in [0.1, 0.15) is 5.67 Å². The minimum Gasteiger partial charge on any atom is -0.241 e. The smallest absolute Gasteiger partial charge is 0.136 e. The Morgan fingerprint density at radius 3 is 2.17 bits per heavy atom. The third-order valence-corrected chi connectivity index (χ3v) is 1.63. The van der Waals surface area contributed by atoms with Gasteiger partial charge in [0.25, 0.3) is 0 Å². The van der Waals surface area contributed by atoms with Crippen molar-refractivity contribution in [3.8, 4) is 0 Å². The summed E-state index contributed by atoms with van der Waals surface area (Å²) in [5.74, 6) is 0. The molecule has 0 amide bonds. The molecule has 0 aromatic rings. The molecule has 2 N–H and O–H groups in total. The maximum atomic E-state index is 13.0. The Morgan fingerprint density at radius 2 is 1.83 bits per heavy atom. The monoisotopic (exact) mass is 175 g/mol. The van der Waals surface area contributed by atoms with E-state index in [-0.39, 0.29) is 5.54 Å². The molecule has 0 bridgehead atoms. The van der Waals surface area contributed by atoms with E-state index in [2.05, 4.69) is 31.7 Å². The van der Waals surface area contributed by atoms with Crippen molar-refractivity contribution in [2.24, 2.45) is 0 Å². The normalized spacial score (nSPS) is 23.8. The molecule has 0 atom stereocenters. The number of nitrogens with zero attached hydrogens (tertiary/aromatic N) is 1. The van der Waals surface area contributed by atoms with E-state index in [4.69, 9.17) is 0 Å². The first-order valence-corrected chi connectivity index (χ1v) is 4.25. The summed E-state index contributed by atoms with van der Waals surface area (Å²) in [6.45, 7) is 8.67. The number of alkyl halides is 1. The van der Waals surface area contributed by atoms with Crippen molar-refractivity contribution in [3.63, 3.8) is 0 Å². The Labute approximate surface area is 73.3 Å². The Bertz CT molecular complexity index is 154. The zero-order valence-corrected chi connectivity index (χ0v) is 8.24. The number of nitrogens with one attached hydrogen (secondary N) is 2. The molecule has 72 valence electrons. The van der Waals surface area contributed by atoms with Crippen LogP contribution < -0.4 is 11.0 Å². The summed E-state index contributed by atoms with van der Waals surface area (Å²) in [5.41, 5.74) is 5.04. The molecular formula is C8H18FN3. The molecule has 12 heavy (non-hydrogen) atoms. The van der Waals surface area contributed by atoms with Crippen molar-refractivity contribution in [1.29, 1.82) is 0 Å². The fraction of sp³-hybridized carbons (Fsp3) is 1.00. The second kappa shape index (κ2) is 2.94. The summed E-state index contributed by atoms with van der Waals surface area (Å²) in [7, 11) is 0. The highest BCUT2D eigenvalue weighted by molar-refractivity contribution is 4.89. The standard InChI is InChI=1S/C8H18FN3/c1-7(2,3)10-11-12-5-8(4,9)6-12/h10-11H,5-6H2,1-4H3. The lowest BCUT2D eigenvalue weighted by Crippen LogP contribution is -2.67. The molecule has 0 aromatic carbocycles. The zero-order valence-electron chi connectivity index (χ0n) is 8.24. The van der Waals surface area contributed by atoms with Gasteiger partial charge in [-0.15, -0.1) is 0 Å². The van der Waals surface area contributed by atoms with Crippen LogP contribution in [0.4, 0.5) is 4.39 Å². The van der Waals surface area contributed by atoms with E-state index in [1.807, 2.05) is 5.01 Å². The quantitative estimate of drug-likeness (QED) is 0.609. The predicted octanol–water partition coefficient (Wildman–Crippen LogP) is 0.838. The molecule has 0 radical (unpaired) electrons.